The van der Waals surface area contributed by atoms with Crippen molar-refractivity contribution >= 4 is 23.6 Å². The molecule has 0 bridgehead atoms. The van der Waals surface area contributed by atoms with E-state index in [1.54, 1.807) is 38.3 Å². The summed E-state index contributed by atoms with van der Waals surface area (Å²) < 4.78 is 33.0. The number of amides is 4. The fourth-order valence-corrected chi connectivity index (χ4v) is 4.46. The van der Waals surface area contributed by atoms with Crippen LogP contribution in [0.5, 0.6) is 5.75 Å². The molecule has 2 aromatic carbocycles. The van der Waals surface area contributed by atoms with Crippen LogP contribution in [0, 0.1) is 11.6 Å². The Kier molecular flexibility index (Phi) is 11.0. The minimum atomic E-state index is -1.06. The quantitative estimate of drug-likeness (QED) is 0.585. The number of likely N-dealkylation sites (N-methyl/N-ethyl adjacent to an activating group) is 1. The number of methoxy groups -OCH3 is 1. The second-order valence-electron chi connectivity index (χ2n) is 9.82. The zero-order valence-electron chi connectivity index (χ0n) is 23.0. The smallest absolute Gasteiger partial charge is 0.245 e. The molecule has 0 aromatic heterocycles. The molecule has 11 heteroatoms. The SMILES string of the molecule is COc1ccc(C[C@@H]2NC(=O)CCCN(C(=O)Cc3cccc(F)c3F)CCCNC(=O)[C@H](C)N(C)C2=O)cc1. The van der Waals surface area contributed by atoms with Gasteiger partial charge in [-0.3, -0.25) is 19.2 Å². The Hall–Kier alpha value is -4.02. The third-order valence-corrected chi connectivity index (χ3v) is 7.00. The molecule has 4 amide bonds. The number of carbonyl (C=O) groups is 4. The van der Waals surface area contributed by atoms with E-state index in [2.05, 4.69) is 10.6 Å². The lowest BCUT2D eigenvalue weighted by atomic mass is 10.0. The maximum Gasteiger partial charge on any atom is 0.245 e. The zero-order chi connectivity index (χ0) is 29.2. The molecule has 1 saturated heterocycles. The van der Waals surface area contributed by atoms with Gasteiger partial charge in [-0.15, -0.1) is 0 Å². The third-order valence-electron chi connectivity index (χ3n) is 7.00. The zero-order valence-corrected chi connectivity index (χ0v) is 23.0. The number of nitrogens with zero attached hydrogens (tertiary/aromatic N) is 2. The molecule has 216 valence electrons. The van der Waals surface area contributed by atoms with E-state index >= 15 is 0 Å². The Balaban J connectivity index is 1.76. The summed E-state index contributed by atoms with van der Waals surface area (Å²) in [6.07, 6.45) is 0.617. The largest absolute Gasteiger partial charge is 0.497 e. The summed E-state index contributed by atoms with van der Waals surface area (Å²) in [5.74, 6) is -3.01. The average Bonchev–Trinajstić information content (AvgIpc) is 2.95. The lowest BCUT2D eigenvalue weighted by molar-refractivity contribution is -0.141. The molecule has 1 aliphatic heterocycles. The summed E-state index contributed by atoms with van der Waals surface area (Å²) in [7, 11) is 3.07. The van der Waals surface area contributed by atoms with Crippen LogP contribution in [0.2, 0.25) is 0 Å². The molecule has 0 spiro atoms. The summed E-state index contributed by atoms with van der Waals surface area (Å²) in [6.45, 7) is 2.29. The van der Waals surface area contributed by atoms with E-state index in [0.29, 0.717) is 18.6 Å². The predicted octanol–water partition coefficient (Wildman–Crippen LogP) is 2.22. The Morgan fingerprint density at radius 2 is 1.75 bits per heavy atom. The summed E-state index contributed by atoms with van der Waals surface area (Å²) in [6, 6.07) is 9.08. The molecule has 0 radical (unpaired) electrons. The van der Waals surface area contributed by atoms with Gasteiger partial charge in [0, 0.05) is 45.1 Å². The first-order chi connectivity index (χ1) is 19.1. The topological polar surface area (TPSA) is 108 Å². The maximum absolute atomic E-state index is 14.2. The summed E-state index contributed by atoms with van der Waals surface area (Å²) in [5.41, 5.74) is 0.743. The van der Waals surface area contributed by atoms with Crippen LogP contribution in [0.15, 0.2) is 42.5 Å². The van der Waals surface area contributed by atoms with Gasteiger partial charge in [-0.2, -0.15) is 0 Å². The molecule has 2 N–H and O–H groups in total. The van der Waals surface area contributed by atoms with Crippen LogP contribution in [0.1, 0.15) is 37.3 Å². The molecule has 0 saturated carbocycles. The van der Waals surface area contributed by atoms with Crippen molar-refractivity contribution in [3.63, 3.8) is 0 Å². The van der Waals surface area contributed by atoms with Gasteiger partial charge >= 0.3 is 0 Å². The van der Waals surface area contributed by atoms with Gasteiger partial charge in [-0.05, 0) is 43.5 Å². The number of ether oxygens (including phenoxy) is 1. The minimum absolute atomic E-state index is 0.0426. The molecular formula is C29H36F2N4O5. The average molecular weight is 559 g/mol. The second kappa shape index (κ2) is 14.4. The fourth-order valence-electron chi connectivity index (χ4n) is 4.46. The van der Waals surface area contributed by atoms with Gasteiger partial charge in [0.25, 0.3) is 0 Å². The Labute approximate surface area is 232 Å². The number of benzene rings is 2. The van der Waals surface area contributed by atoms with Crippen molar-refractivity contribution < 1.29 is 32.7 Å². The summed E-state index contributed by atoms with van der Waals surface area (Å²) in [4.78, 5) is 54.8. The van der Waals surface area contributed by atoms with Gasteiger partial charge in [0.05, 0.1) is 13.5 Å². The van der Waals surface area contributed by atoms with Crippen molar-refractivity contribution in [2.75, 3.05) is 33.8 Å². The highest BCUT2D eigenvalue weighted by atomic mass is 19.2. The fraction of sp³-hybridized carbons (Fsp3) is 0.448. The van der Waals surface area contributed by atoms with E-state index in [1.165, 1.54) is 29.0 Å². The molecule has 2 atom stereocenters. The van der Waals surface area contributed by atoms with Crippen LogP contribution in [0.25, 0.3) is 0 Å². The van der Waals surface area contributed by atoms with E-state index in [4.69, 9.17) is 4.74 Å². The highest BCUT2D eigenvalue weighted by Crippen LogP contribution is 2.16. The van der Waals surface area contributed by atoms with Crippen LogP contribution < -0.4 is 15.4 Å². The monoisotopic (exact) mass is 558 g/mol. The van der Waals surface area contributed by atoms with E-state index < -0.39 is 35.5 Å². The number of carbonyl (C=O) groups excluding carboxylic acids is 4. The molecular weight excluding hydrogens is 522 g/mol. The van der Waals surface area contributed by atoms with Crippen molar-refractivity contribution in [3.8, 4) is 5.75 Å². The molecule has 0 aliphatic carbocycles. The van der Waals surface area contributed by atoms with Crippen molar-refractivity contribution in [1.29, 1.82) is 0 Å². The molecule has 3 rings (SSSR count). The Morgan fingerprint density at radius 3 is 2.45 bits per heavy atom. The van der Waals surface area contributed by atoms with Gasteiger partial charge in [0.2, 0.25) is 23.6 Å². The van der Waals surface area contributed by atoms with E-state index in [1.807, 2.05) is 0 Å². The van der Waals surface area contributed by atoms with Crippen LogP contribution in [-0.2, 0) is 32.0 Å². The van der Waals surface area contributed by atoms with E-state index in [-0.39, 0.29) is 56.3 Å². The van der Waals surface area contributed by atoms with Crippen LogP contribution in [0.3, 0.4) is 0 Å². The van der Waals surface area contributed by atoms with Gasteiger partial charge in [0.15, 0.2) is 11.6 Å². The van der Waals surface area contributed by atoms with Crippen molar-refractivity contribution in [3.05, 3.63) is 65.2 Å². The number of halogens is 2. The number of rotatable bonds is 5. The molecule has 9 nitrogen and oxygen atoms in total. The summed E-state index contributed by atoms with van der Waals surface area (Å²) >= 11 is 0. The van der Waals surface area contributed by atoms with Crippen molar-refractivity contribution in [1.82, 2.24) is 20.4 Å². The first kappa shape index (κ1) is 30.5. The first-order valence-corrected chi connectivity index (χ1v) is 13.3. The molecule has 40 heavy (non-hydrogen) atoms. The van der Waals surface area contributed by atoms with Gasteiger partial charge in [-0.25, -0.2) is 8.78 Å². The first-order valence-electron chi connectivity index (χ1n) is 13.3. The van der Waals surface area contributed by atoms with Crippen molar-refractivity contribution in [2.45, 2.75) is 51.1 Å². The highest BCUT2D eigenvalue weighted by molar-refractivity contribution is 5.92. The standard InChI is InChI=1S/C29H36F2N4O5/c1-19-28(38)32-14-6-16-35(26(37)18-21-7-4-8-23(30)27(21)31)15-5-9-25(36)33-24(29(39)34(19)2)17-20-10-12-22(40-3)13-11-20/h4,7-8,10-13,19,24H,5-6,9,14-18H2,1-3H3,(H,32,38)(H,33,36)/t19-,24-/m0/s1. The van der Waals surface area contributed by atoms with E-state index in [9.17, 15) is 28.0 Å². The molecule has 1 aliphatic rings. The van der Waals surface area contributed by atoms with Crippen LogP contribution >= 0.6 is 0 Å². The third kappa shape index (κ3) is 8.24. The summed E-state index contributed by atoms with van der Waals surface area (Å²) in [5, 5.41) is 5.57. The Morgan fingerprint density at radius 1 is 1.05 bits per heavy atom. The van der Waals surface area contributed by atoms with Gasteiger partial charge in [0.1, 0.15) is 17.8 Å². The Bertz CT molecular complexity index is 1210. The molecule has 0 unspecified atom stereocenters. The van der Waals surface area contributed by atoms with Crippen molar-refractivity contribution in [2.24, 2.45) is 0 Å². The van der Waals surface area contributed by atoms with Gasteiger partial charge in [-0.1, -0.05) is 24.3 Å². The molecule has 1 fully saturated rings. The lowest BCUT2D eigenvalue weighted by Gasteiger charge is -2.29. The van der Waals surface area contributed by atoms with Gasteiger partial charge < -0.3 is 25.2 Å². The second-order valence-corrected chi connectivity index (χ2v) is 9.82. The highest BCUT2D eigenvalue weighted by Gasteiger charge is 2.30. The number of nitrogens with one attached hydrogen (secondary N) is 2. The molecule has 2 aromatic rings. The lowest BCUT2D eigenvalue weighted by Crippen LogP contribution is -2.54. The number of hydrogen-bond donors (Lipinski definition) is 2. The van der Waals surface area contributed by atoms with Crippen LogP contribution in [0.4, 0.5) is 8.78 Å². The minimum Gasteiger partial charge on any atom is -0.497 e. The maximum atomic E-state index is 14.2. The normalized spacial score (nSPS) is 19.8. The van der Waals surface area contributed by atoms with E-state index in [0.717, 1.165) is 11.6 Å². The molecule has 1 heterocycles. The van der Waals surface area contributed by atoms with Crippen LogP contribution in [-0.4, -0.2) is 79.3 Å². The predicted molar refractivity (Wildman–Crippen MR) is 144 cm³/mol. The number of hydrogen-bond acceptors (Lipinski definition) is 5.